The van der Waals surface area contributed by atoms with Crippen molar-refractivity contribution >= 4 is 93.6 Å². The van der Waals surface area contributed by atoms with Gasteiger partial charge in [-0.05, 0) is 155 Å². The summed E-state index contributed by atoms with van der Waals surface area (Å²) in [5.41, 5.74) is 27.0. The number of rotatable bonds is 5. The van der Waals surface area contributed by atoms with E-state index in [9.17, 15) is 0 Å². The number of para-hydroxylation sites is 1. The maximum Gasteiger partial charge on any atom is 0.343 e. The van der Waals surface area contributed by atoms with Crippen molar-refractivity contribution in [1.82, 2.24) is 4.57 Å². The second kappa shape index (κ2) is 17.2. The molecule has 0 fully saturated rings. The SMILES string of the molecule is CC(C)(C)c1ccc(C(Cc2ccc3c(c2)C(C)(C)c2cc4c(cc2-3)-c2ccc3c5cc6oc7ccccc7c6cc5n5c3c2B(c2sc3ccc(C(C)(C)C)cc3c2-5)N4c2ccc(C(C)(C)C)cc2)c2ccc(C(C)(C)C)cc2)cc1. The molecule has 15 rings (SSSR count). The Kier molecular flexibility index (Phi) is 10.8. The fraction of sp³-hybridized carbons (Fsp3) is 0.273. The number of aromatic nitrogens is 1. The first kappa shape index (κ1) is 51.3. The number of hydrogen-bond donors (Lipinski definition) is 0. The maximum absolute atomic E-state index is 6.68. The Morgan fingerprint density at radius 3 is 1.73 bits per heavy atom. The van der Waals surface area contributed by atoms with E-state index in [4.69, 9.17) is 4.42 Å². The molecule has 1 aliphatic carbocycles. The standard InChI is InChI=1S/C77H73BN2OS/c1-73(2,3)47-24-20-45(21-25-47)56(46-22-26-48(27-23-46)74(4,5)6)37-44-19-33-52-57-40-58-54-34-35-55-59-42-67-60(53-17-15-16-18-66(53)81-67)41-64(59)79-70(55)69(54)78(72-71(79)61-39-50(76(10,11)12)30-36-68(61)82-72)80(51-31-28-49(29-32-51)75(7,8)9)65(58)43-63(57)77(13,14)62(52)38-44/h15-36,38-43,56H,37H2,1-14H3. The fourth-order valence-corrected chi connectivity index (χ4v) is 15.7. The second-order valence-corrected chi connectivity index (χ2v) is 30.1. The molecule has 3 aliphatic rings. The molecular formula is C77H73BN2OS. The maximum atomic E-state index is 6.68. The summed E-state index contributed by atoms with van der Waals surface area (Å²) in [5, 5.41) is 6.11. The largest absolute Gasteiger partial charge is 0.456 e. The molecule has 0 spiro atoms. The summed E-state index contributed by atoms with van der Waals surface area (Å²) >= 11 is 1.98. The summed E-state index contributed by atoms with van der Waals surface area (Å²) in [6.07, 6.45) is 0.910. The first-order valence-electron chi connectivity index (χ1n) is 29.8. The minimum absolute atomic E-state index is 0.0139. The predicted octanol–water partition coefficient (Wildman–Crippen LogP) is 20.0. The molecule has 82 heavy (non-hydrogen) atoms. The van der Waals surface area contributed by atoms with E-state index < -0.39 is 0 Å². The molecule has 0 bridgehead atoms. The average molecular weight is 1090 g/mol. The van der Waals surface area contributed by atoms with Crippen LogP contribution < -0.4 is 15.1 Å². The molecule has 0 N–H and O–H groups in total. The number of furan rings is 1. The average Bonchev–Trinajstić information content (AvgIpc) is 1.52. The number of fused-ring (bicyclic) bond motifs is 16. The molecule has 0 saturated carbocycles. The number of hydrogen-bond acceptors (Lipinski definition) is 3. The van der Waals surface area contributed by atoms with Crippen molar-refractivity contribution in [3.8, 4) is 27.9 Å². The van der Waals surface area contributed by atoms with Gasteiger partial charge in [-0.15, -0.1) is 11.3 Å². The van der Waals surface area contributed by atoms with Crippen LogP contribution in [0.25, 0.3) is 81.8 Å². The summed E-state index contributed by atoms with van der Waals surface area (Å²) in [7, 11) is 0. The van der Waals surface area contributed by atoms with Crippen LogP contribution in [-0.4, -0.2) is 11.4 Å². The summed E-state index contributed by atoms with van der Waals surface area (Å²) in [6.45, 7) is 32.7. The highest BCUT2D eigenvalue weighted by Crippen LogP contribution is 2.56. The van der Waals surface area contributed by atoms with E-state index in [2.05, 4.69) is 276 Å². The van der Waals surface area contributed by atoms with Crippen molar-refractivity contribution in [2.75, 3.05) is 4.81 Å². The van der Waals surface area contributed by atoms with Gasteiger partial charge < -0.3 is 13.8 Å². The van der Waals surface area contributed by atoms with Gasteiger partial charge in [-0.2, -0.15) is 0 Å². The number of thiophene rings is 1. The van der Waals surface area contributed by atoms with Crippen LogP contribution >= 0.6 is 11.3 Å². The van der Waals surface area contributed by atoms with Crippen LogP contribution in [0.2, 0.25) is 0 Å². The van der Waals surface area contributed by atoms with Gasteiger partial charge in [-0.25, -0.2) is 0 Å². The zero-order chi connectivity index (χ0) is 56.9. The van der Waals surface area contributed by atoms with Gasteiger partial charge in [0, 0.05) is 64.7 Å². The zero-order valence-electron chi connectivity index (χ0n) is 50.2. The Labute approximate surface area is 488 Å². The van der Waals surface area contributed by atoms with Gasteiger partial charge >= 0.3 is 6.85 Å². The number of benzene rings is 9. The Morgan fingerprint density at radius 2 is 1.09 bits per heavy atom. The molecule has 9 aromatic carbocycles. The fourth-order valence-electron chi connectivity index (χ4n) is 14.5. The monoisotopic (exact) mass is 1080 g/mol. The van der Waals surface area contributed by atoms with Gasteiger partial charge in [0.25, 0.3) is 0 Å². The summed E-state index contributed by atoms with van der Waals surface area (Å²) in [4.78, 5) is 2.74. The van der Waals surface area contributed by atoms with Crippen LogP contribution in [0.15, 0.2) is 174 Å². The van der Waals surface area contributed by atoms with Crippen molar-refractivity contribution in [2.24, 2.45) is 0 Å². The van der Waals surface area contributed by atoms with E-state index in [1.807, 2.05) is 11.3 Å². The lowest BCUT2D eigenvalue weighted by atomic mass is 9.47. The van der Waals surface area contributed by atoms with Crippen LogP contribution in [0.1, 0.15) is 153 Å². The van der Waals surface area contributed by atoms with Crippen molar-refractivity contribution in [1.29, 1.82) is 0 Å². The summed E-state index contributed by atoms with van der Waals surface area (Å²) < 4.78 is 12.0. The second-order valence-electron chi connectivity index (χ2n) is 29.0. The first-order chi connectivity index (χ1) is 38.9. The molecule has 12 aromatic rings. The van der Waals surface area contributed by atoms with Crippen LogP contribution in [-0.2, 0) is 33.5 Å². The van der Waals surface area contributed by atoms with Gasteiger partial charge in [0.1, 0.15) is 11.2 Å². The quantitative estimate of drug-likeness (QED) is 0.160. The molecule has 2 aliphatic heterocycles. The number of nitrogens with zero attached hydrogens (tertiary/aromatic N) is 2. The third kappa shape index (κ3) is 7.60. The molecule has 0 saturated heterocycles. The minimum Gasteiger partial charge on any atom is -0.456 e. The van der Waals surface area contributed by atoms with E-state index >= 15 is 0 Å². The highest BCUT2D eigenvalue weighted by atomic mass is 32.1. The number of anilines is 2. The molecule has 5 heterocycles. The van der Waals surface area contributed by atoms with Gasteiger partial charge in [0.15, 0.2) is 0 Å². The van der Waals surface area contributed by atoms with Crippen LogP contribution in [0.5, 0.6) is 0 Å². The molecular weight excluding hydrogens is 1010 g/mol. The third-order valence-electron chi connectivity index (χ3n) is 19.2. The topological polar surface area (TPSA) is 21.3 Å². The highest BCUT2D eigenvalue weighted by molar-refractivity contribution is 7.32. The lowest BCUT2D eigenvalue weighted by molar-refractivity contribution is 0.589. The van der Waals surface area contributed by atoms with Crippen LogP contribution in [0.3, 0.4) is 0 Å². The van der Waals surface area contributed by atoms with Crippen molar-refractivity contribution < 1.29 is 4.42 Å². The molecule has 0 unspecified atom stereocenters. The van der Waals surface area contributed by atoms with Gasteiger partial charge in [-0.3, -0.25) is 0 Å². The molecule has 0 atom stereocenters. The lowest BCUT2D eigenvalue weighted by Crippen LogP contribution is -2.59. The summed E-state index contributed by atoms with van der Waals surface area (Å²) in [5.74, 6) is 0.206. The van der Waals surface area contributed by atoms with Crippen molar-refractivity contribution in [3.63, 3.8) is 0 Å². The molecule has 0 radical (unpaired) electrons. The predicted molar refractivity (Wildman–Crippen MR) is 353 cm³/mol. The Hall–Kier alpha value is -7.60. The van der Waals surface area contributed by atoms with Crippen molar-refractivity contribution in [2.45, 2.75) is 136 Å². The molecule has 3 aromatic heterocycles. The molecule has 5 heteroatoms. The third-order valence-corrected chi connectivity index (χ3v) is 20.5. The molecule has 3 nitrogen and oxygen atoms in total. The van der Waals surface area contributed by atoms with E-state index in [1.165, 1.54) is 132 Å². The van der Waals surface area contributed by atoms with E-state index in [0.717, 1.165) is 28.4 Å². The Bertz CT molecular complexity index is 4590. The minimum atomic E-state index is -0.258. The van der Waals surface area contributed by atoms with Crippen molar-refractivity contribution in [3.05, 3.63) is 220 Å². The van der Waals surface area contributed by atoms with Gasteiger partial charge in [0.05, 0.1) is 16.7 Å². The Balaban J connectivity index is 0.950. The van der Waals surface area contributed by atoms with E-state index in [0.29, 0.717) is 0 Å². The van der Waals surface area contributed by atoms with Crippen LogP contribution in [0, 0.1) is 0 Å². The first-order valence-corrected chi connectivity index (χ1v) is 30.7. The smallest absolute Gasteiger partial charge is 0.343 e. The van der Waals surface area contributed by atoms with E-state index in [-0.39, 0.29) is 39.8 Å². The van der Waals surface area contributed by atoms with E-state index in [1.54, 1.807) is 0 Å². The highest BCUT2D eigenvalue weighted by Gasteiger charge is 2.48. The zero-order valence-corrected chi connectivity index (χ0v) is 51.1. The lowest BCUT2D eigenvalue weighted by Gasteiger charge is -2.41. The van der Waals surface area contributed by atoms with Crippen LogP contribution in [0.4, 0.5) is 11.4 Å². The Morgan fingerprint density at radius 1 is 0.488 bits per heavy atom. The van der Waals surface area contributed by atoms with Gasteiger partial charge in [0.2, 0.25) is 0 Å². The normalized spacial score (nSPS) is 14.7. The van der Waals surface area contributed by atoms with Gasteiger partial charge in [-0.1, -0.05) is 212 Å². The molecule has 0 amide bonds. The molecule has 406 valence electrons. The summed E-state index contributed by atoms with van der Waals surface area (Å²) in [6, 6.07) is 66.7.